The van der Waals surface area contributed by atoms with Crippen LogP contribution in [0.25, 0.3) is 0 Å². The first-order valence-corrected chi connectivity index (χ1v) is 47.2. The Bertz CT molecular complexity index is 4830. The summed E-state index contributed by atoms with van der Waals surface area (Å²) in [5, 5.41) is 68.7. The SMILES string of the molecule is CC[C@H](C)[C@H](NC(=O)[C@H](C)NC(=O)[C@@H]1CCCN1C(=O)[C@H](CC(C)C)NC(=O)[C@H](Cc1ccc(O)cc1)NC(=O)[C@H](C)NC(=O)[C@H](Cc1cnc[nH]1)NC(=O)[C@H](Cc1cnc[nH]1)NC(=O)[C@H](CC(C)C)NC(=O)[C@H](NC(=O)[C@@H]1CCCN1C(=O)[C@H](CC(C)C)NC(=O)[C@H](CC(N)=O)NC(=O)[C@H](Cc1ccc(O)cc1)NC(=O)[C@H](N)CS)[C@@H](C)CC)C(=O)NCC(=O)NCC(=O)N[C@H](C(=O)O)C(C)C. The van der Waals surface area contributed by atoms with Crippen LogP contribution in [0.1, 0.15) is 184 Å². The first-order chi connectivity index (χ1) is 65.1. The number of aromatic nitrogens is 4. The molecule has 2 aliphatic rings. The van der Waals surface area contributed by atoms with Gasteiger partial charge in [-0.05, 0) is 130 Å². The molecule has 760 valence electrons. The molecule has 0 radical (unpaired) electrons. The minimum absolute atomic E-state index is 0.00725. The minimum atomic E-state index is -1.70. The Labute approximate surface area is 807 Å². The van der Waals surface area contributed by atoms with Crippen molar-refractivity contribution in [2.75, 3.05) is 31.9 Å². The lowest BCUT2D eigenvalue weighted by atomic mass is 9.96. The van der Waals surface area contributed by atoms with Gasteiger partial charge >= 0.3 is 5.97 Å². The number of aromatic amines is 2. The van der Waals surface area contributed by atoms with Crippen LogP contribution in [0, 0.1) is 35.5 Å². The molecule has 0 unspecified atom stereocenters. The monoisotopic (exact) mass is 1950 g/mol. The highest BCUT2D eigenvalue weighted by Gasteiger charge is 2.45. The van der Waals surface area contributed by atoms with E-state index in [4.69, 9.17) is 11.5 Å². The van der Waals surface area contributed by atoms with E-state index in [2.05, 4.69) is 112 Å². The highest BCUT2D eigenvalue weighted by atomic mass is 32.1. The lowest BCUT2D eigenvalue weighted by molar-refractivity contribution is -0.143. The van der Waals surface area contributed by atoms with Crippen LogP contribution in [-0.2, 0) is 117 Å². The number of carbonyl (C=O) groups excluding carboxylic acids is 18. The summed E-state index contributed by atoms with van der Waals surface area (Å²) in [6, 6.07) is -10.5. The topological polar surface area (TPSA) is 681 Å². The number of thiol groups is 1. The summed E-state index contributed by atoms with van der Waals surface area (Å²) in [4.78, 5) is 283. The average molecular weight is 1950 g/mol. The van der Waals surface area contributed by atoms with E-state index >= 15 is 4.79 Å². The van der Waals surface area contributed by atoms with E-state index in [1.165, 1.54) is 97.2 Å². The molecule has 0 spiro atoms. The number of carboxylic acid groups (broad SMARTS) is 1. The van der Waals surface area contributed by atoms with E-state index in [1.807, 2.05) is 0 Å². The number of carboxylic acids is 1. The Hall–Kier alpha value is -13.3. The summed E-state index contributed by atoms with van der Waals surface area (Å²) < 4.78 is 0. The van der Waals surface area contributed by atoms with E-state index in [1.54, 1.807) is 83.1 Å². The second-order valence-corrected chi connectivity index (χ2v) is 37.2. The van der Waals surface area contributed by atoms with Crippen molar-refractivity contribution in [2.24, 2.45) is 47.0 Å². The van der Waals surface area contributed by atoms with E-state index in [0.29, 0.717) is 48.2 Å². The number of imidazole rings is 2. The molecule has 18 amide bonds. The number of aliphatic carboxylic acids is 1. The maximum absolute atomic E-state index is 15.0. The summed E-state index contributed by atoms with van der Waals surface area (Å²) in [6.07, 6.45) is 5.18. The number of carbonyl (C=O) groups is 19. The third-order valence-electron chi connectivity index (χ3n) is 23.7. The second-order valence-electron chi connectivity index (χ2n) is 36.8. The highest BCUT2D eigenvalue weighted by molar-refractivity contribution is 7.80. The highest BCUT2D eigenvalue weighted by Crippen LogP contribution is 2.26. The van der Waals surface area contributed by atoms with Gasteiger partial charge in [0.2, 0.25) is 106 Å². The number of nitrogens with one attached hydrogen (secondary N) is 17. The number of benzene rings is 2. The van der Waals surface area contributed by atoms with Gasteiger partial charge in [0.05, 0.1) is 38.2 Å². The summed E-state index contributed by atoms with van der Waals surface area (Å²) in [6.45, 7) is 22.2. The summed E-state index contributed by atoms with van der Waals surface area (Å²) in [5.74, 6) is -19.2. The Morgan fingerprint density at radius 3 is 1.21 bits per heavy atom. The van der Waals surface area contributed by atoms with Gasteiger partial charge in [-0.2, -0.15) is 12.6 Å². The smallest absolute Gasteiger partial charge is 0.326 e. The maximum Gasteiger partial charge on any atom is 0.326 e. The molecule has 2 saturated heterocycles. The van der Waals surface area contributed by atoms with Gasteiger partial charge in [0.15, 0.2) is 0 Å². The van der Waals surface area contributed by atoms with Crippen LogP contribution in [-0.4, -0.2) is 286 Å². The van der Waals surface area contributed by atoms with Gasteiger partial charge in [0.25, 0.3) is 0 Å². The molecule has 46 heteroatoms. The Kier molecular flexibility index (Phi) is 45.4. The summed E-state index contributed by atoms with van der Waals surface area (Å²) in [7, 11) is 0. The zero-order valence-electron chi connectivity index (χ0n) is 80.6. The zero-order chi connectivity index (χ0) is 103. The molecule has 0 saturated carbocycles. The van der Waals surface area contributed by atoms with Crippen molar-refractivity contribution in [3.63, 3.8) is 0 Å². The van der Waals surface area contributed by atoms with Crippen LogP contribution in [0.15, 0.2) is 73.6 Å². The van der Waals surface area contributed by atoms with Crippen LogP contribution in [0.2, 0.25) is 0 Å². The van der Waals surface area contributed by atoms with Crippen molar-refractivity contribution in [1.82, 2.24) is 109 Å². The molecule has 0 aliphatic carbocycles. The number of phenols is 2. The first kappa shape index (κ1) is 113. The van der Waals surface area contributed by atoms with Gasteiger partial charge < -0.3 is 126 Å². The van der Waals surface area contributed by atoms with Crippen molar-refractivity contribution >= 4 is 125 Å². The van der Waals surface area contributed by atoms with E-state index < -0.39 is 246 Å². The van der Waals surface area contributed by atoms with Crippen molar-refractivity contribution in [2.45, 2.75) is 283 Å². The molecule has 6 rings (SSSR count). The largest absolute Gasteiger partial charge is 0.508 e. The lowest BCUT2D eigenvalue weighted by Gasteiger charge is -2.32. The Morgan fingerprint density at radius 1 is 0.420 bits per heavy atom. The summed E-state index contributed by atoms with van der Waals surface area (Å²) >= 11 is 4.08. The average Bonchev–Trinajstić information content (AvgIpc) is 1.67. The second kappa shape index (κ2) is 55.2. The quantitative estimate of drug-likeness (QED) is 0.0203. The number of aromatic hydroxyl groups is 2. The van der Waals surface area contributed by atoms with Crippen molar-refractivity contribution in [3.05, 3.63) is 96.1 Å². The number of likely N-dealkylation sites (tertiary alicyclic amines) is 2. The molecule has 4 heterocycles. The van der Waals surface area contributed by atoms with Gasteiger partial charge in [0.1, 0.15) is 102 Å². The van der Waals surface area contributed by atoms with Gasteiger partial charge in [-0.15, -0.1) is 0 Å². The Morgan fingerprint density at radius 2 is 0.790 bits per heavy atom. The van der Waals surface area contributed by atoms with Crippen LogP contribution in [0.3, 0.4) is 0 Å². The number of primary amides is 1. The minimum Gasteiger partial charge on any atom is -0.508 e. The summed E-state index contributed by atoms with van der Waals surface area (Å²) in [5.41, 5.74) is 13.1. The molecule has 18 atom stereocenters. The number of rotatable bonds is 55. The number of nitrogens with two attached hydrogens (primary N) is 2. The van der Waals surface area contributed by atoms with Gasteiger partial charge in [-0.1, -0.05) is 120 Å². The molecule has 2 aliphatic heterocycles. The fourth-order valence-electron chi connectivity index (χ4n) is 15.5. The number of nitrogens with zero attached hydrogens (tertiary/aromatic N) is 4. The van der Waals surface area contributed by atoms with E-state index in [0.717, 1.165) is 0 Å². The normalized spacial score (nSPS) is 17.0. The molecule has 24 N–H and O–H groups in total. The van der Waals surface area contributed by atoms with Crippen LogP contribution in [0.5, 0.6) is 11.5 Å². The van der Waals surface area contributed by atoms with Crippen LogP contribution < -0.4 is 91.2 Å². The molecule has 2 aromatic carbocycles. The van der Waals surface area contributed by atoms with Crippen molar-refractivity contribution in [1.29, 1.82) is 0 Å². The van der Waals surface area contributed by atoms with Crippen molar-refractivity contribution in [3.8, 4) is 11.5 Å². The zero-order valence-corrected chi connectivity index (χ0v) is 81.4. The number of hydrogen-bond donors (Lipinski definition) is 23. The molecule has 2 aromatic heterocycles. The molecule has 0 bridgehead atoms. The van der Waals surface area contributed by atoms with Gasteiger partial charge in [-0.25, -0.2) is 14.8 Å². The molecule has 45 nitrogen and oxygen atoms in total. The molecular formula is C92H139N23O22S. The number of amides is 18. The maximum atomic E-state index is 15.0. The fraction of sp³-hybridized carbons (Fsp3) is 0.598. The number of hydrogen-bond acceptors (Lipinski definition) is 25. The number of phenolic OH excluding ortho intramolecular Hbond substituents is 2. The van der Waals surface area contributed by atoms with Crippen LogP contribution >= 0.6 is 12.6 Å². The van der Waals surface area contributed by atoms with Crippen LogP contribution in [0.4, 0.5) is 0 Å². The lowest BCUT2D eigenvalue weighted by Crippen LogP contribution is -2.62. The predicted molar refractivity (Wildman–Crippen MR) is 506 cm³/mol. The molecular weight excluding hydrogens is 1810 g/mol. The fourth-order valence-corrected chi connectivity index (χ4v) is 15.7. The predicted octanol–water partition coefficient (Wildman–Crippen LogP) is -2.53. The van der Waals surface area contributed by atoms with Gasteiger partial charge in [0, 0.05) is 68.3 Å². The molecule has 4 aromatic rings. The molecule has 2 fully saturated rings. The third-order valence-corrected chi connectivity index (χ3v) is 24.1. The third kappa shape index (κ3) is 36.0. The molecule has 138 heavy (non-hydrogen) atoms. The van der Waals surface area contributed by atoms with Crippen molar-refractivity contribution < 1.29 is 106 Å². The number of H-pyrrole nitrogens is 2. The standard InChI is InChI=1S/C92H139N23O22S/c1-15-50(11)75(88(132)98-41-72(119)97-42-73(120)111-74(49(9)10)92(136)137)112-78(122)53(14)102-86(130)69-19-17-29-114(69)90(134)67(32-47(5)6)109-83(127)62(34-54-21-25-58(116)26-22-54)103-77(121)52(13)101-80(124)64(36-56-39-95-44-99-56)105-84(128)65(37-57-40-96-45-100-57)106-81(125)61(31-46(3)4)108-89(133)76(51(12)16-2)113-87(131)70-20-18-30-115(70)91(135)68(33-48(7)8)110-85(129)66(38-71(94)118)107-82(126)63(104-79(123)60(93)43-138)35-55-23-27-59(117)28-24-55/h21-28,39-40,44-53,60-70,74-76,116-117,138H,15-20,29-38,41-43,93H2,1-14H3,(H2,94,118)(H,95,99)(H,96,100)(H,97,119)(H,98,132)(H,101,124)(H,102,130)(H,103,121)(H,104,123)(H,105,128)(H,106,125)(H,107,126)(H,108,133)(H,109,127)(H,110,129)(H,111,120)(H,112,122)(H,113,131)(H,136,137)/t50-,51-,52-,53-,60+,61-,62-,63-,64-,65-,66-,67-,68-,69-,70-,74-,75-,76+/m0/s1. The van der Waals surface area contributed by atoms with Gasteiger partial charge in [-0.3, -0.25) is 86.3 Å². The van der Waals surface area contributed by atoms with E-state index in [9.17, 15) is 102 Å². The first-order valence-electron chi connectivity index (χ1n) is 46.6. The van der Waals surface area contributed by atoms with E-state index in [-0.39, 0.29) is 106 Å². The Balaban J connectivity index is 1.15.